The number of nitrogens with zero attached hydrogens (tertiary/aromatic N) is 2. The van der Waals surface area contributed by atoms with Gasteiger partial charge in [0.2, 0.25) is 0 Å². The first-order valence-electron chi connectivity index (χ1n) is 10.7. The van der Waals surface area contributed by atoms with Crippen molar-refractivity contribution < 1.29 is 13.2 Å². The molecule has 0 saturated heterocycles. The lowest BCUT2D eigenvalue weighted by molar-refractivity contribution is -0.143. The standard InChI is InChI=1S/C25H31F3N2Si/c1-7-18-12-14-19(15-13-18)16-20-17-29-30(23(20)25(26,27)28)21-10-8-9-11-22(21)31(5,6)24(2,3)4/h8-15,17H,7,16H2,1-6H3. The molecule has 2 aromatic carbocycles. The summed E-state index contributed by atoms with van der Waals surface area (Å²) in [5.41, 5.74) is 2.06. The van der Waals surface area contributed by atoms with Crippen molar-refractivity contribution in [2.24, 2.45) is 0 Å². The molecule has 31 heavy (non-hydrogen) atoms. The summed E-state index contributed by atoms with van der Waals surface area (Å²) in [5.74, 6) is 0. The number of hydrogen-bond donors (Lipinski definition) is 0. The van der Waals surface area contributed by atoms with Crippen LogP contribution in [0, 0.1) is 0 Å². The van der Waals surface area contributed by atoms with Crippen LogP contribution in [0.4, 0.5) is 13.2 Å². The zero-order valence-electron chi connectivity index (χ0n) is 19.1. The monoisotopic (exact) mass is 444 g/mol. The second kappa shape index (κ2) is 8.30. The third kappa shape index (κ3) is 4.64. The van der Waals surface area contributed by atoms with Gasteiger partial charge in [-0.3, -0.25) is 0 Å². The van der Waals surface area contributed by atoms with Crippen molar-refractivity contribution in [1.82, 2.24) is 9.78 Å². The summed E-state index contributed by atoms with van der Waals surface area (Å²) in [6.45, 7) is 13.0. The van der Waals surface area contributed by atoms with Crippen molar-refractivity contribution in [3.63, 3.8) is 0 Å². The highest BCUT2D eigenvalue weighted by Crippen LogP contribution is 2.38. The summed E-state index contributed by atoms with van der Waals surface area (Å²) in [7, 11) is -2.09. The molecule has 0 amide bonds. The van der Waals surface area contributed by atoms with Gasteiger partial charge in [-0.25, -0.2) is 4.68 Å². The molecular weight excluding hydrogens is 413 g/mol. The first-order valence-corrected chi connectivity index (χ1v) is 13.7. The number of hydrogen-bond acceptors (Lipinski definition) is 1. The quantitative estimate of drug-likeness (QED) is 0.398. The van der Waals surface area contributed by atoms with Crippen LogP contribution in [0.2, 0.25) is 18.1 Å². The highest BCUT2D eigenvalue weighted by Gasteiger charge is 2.42. The minimum Gasteiger partial charge on any atom is -0.228 e. The van der Waals surface area contributed by atoms with Crippen molar-refractivity contribution >= 4 is 13.3 Å². The molecule has 0 spiro atoms. The van der Waals surface area contributed by atoms with Gasteiger partial charge < -0.3 is 0 Å². The van der Waals surface area contributed by atoms with E-state index in [0.717, 1.165) is 21.9 Å². The van der Waals surface area contributed by atoms with Gasteiger partial charge in [0.05, 0.1) is 20.0 Å². The Hall–Kier alpha value is -2.34. The molecule has 3 rings (SSSR count). The summed E-state index contributed by atoms with van der Waals surface area (Å²) >= 11 is 0. The zero-order valence-corrected chi connectivity index (χ0v) is 20.1. The van der Waals surface area contributed by atoms with Crippen LogP contribution in [0.3, 0.4) is 0 Å². The second-order valence-corrected chi connectivity index (χ2v) is 15.0. The highest BCUT2D eigenvalue weighted by molar-refractivity contribution is 6.92. The average Bonchev–Trinajstić information content (AvgIpc) is 3.11. The first-order chi connectivity index (χ1) is 14.4. The normalized spacial score (nSPS) is 12.9. The summed E-state index contributed by atoms with van der Waals surface area (Å²) in [6.07, 6.45) is -2.04. The van der Waals surface area contributed by atoms with Gasteiger partial charge in [-0.15, -0.1) is 0 Å². The lowest BCUT2D eigenvalue weighted by Crippen LogP contribution is -2.51. The van der Waals surface area contributed by atoms with Gasteiger partial charge >= 0.3 is 6.18 Å². The molecule has 0 radical (unpaired) electrons. The van der Waals surface area contributed by atoms with Gasteiger partial charge in [-0.2, -0.15) is 18.3 Å². The van der Waals surface area contributed by atoms with Crippen LogP contribution < -0.4 is 5.19 Å². The van der Waals surface area contributed by atoms with E-state index in [4.69, 9.17) is 0 Å². The van der Waals surface area contributed by atoms with Crippen LogP contribution in [0.15, 0.2) is 54.7 Å². The molecule has 0 unspecified atom stereocenters. The summed E-state index contributed by atoms with van der Waals surface area (Å²) in [5, 5.41) is 5.22. The molecule has 3 aromatic rings. The maximum absolute atomic E-state index is 14.3. The van der Waals surface area contributed by atoms with Crippen molar-refractivity contribution in [2.75, 3.05) is 0 Å². The molecule has 1 aromatic heterocycles. The third-order valence-corrected chi connectivity index (χ3v) is 12.1. The zero-order chi connectivity index (χ0) is 23.0. The maximum atomic E-state index is 14.3. The fourth-order valence-corrected chi connectivity index (χ4v) is 5.85. The molecule has 6 heteroatoms. The highest BCUT2D eigenvalue weighted by atomic mass is 28.3. The second-order valence-electron chi connectivity index (χ2n) is 9.67. The Labute approximate surface area is 184 Å². The predicted molar refractivity (Wildman–Crippen MR) is 124 cm³/mol. The van der Waals surface area contributed by atoms with Gasteiger partial charge in [-0.1, -0.05) is 83.3 Å². The van der Waals surface area contributed by atoms with Gasteiger partial charge in [-0.05, 0) is 33.8 Å². The van der Waals surface area contributed by atoms with Gasteiger partial charge in [0.15, 0.2) is 5.69 Å². The van der Waals surface area contributed by atoms with Crippen LogP contribution in [0.5, 0.6) is 0 Å². The summed E-state index contributed by atoms with van der Waals surface area (Å²) in [6, 6.07) is 15.2. The fraction of sp³-hybridized carbons (Fsp3) is 0.400. The molecule has 0 atom stereocenters. The van der Waals surface area contributed by atoms with Crippen LogP contribution in [0.1, 0.15) is 50.1 Å². The number of aryl methyl sites for hydroxylation is 1. The number of aromatic nitrogens is 2. The van der Waals surface area contributed by atoms with Crippen LogP contribution in [-0.4, -0.2) is 17.9 Å². The van der Waals surface area contributed by atoms with E-state index in [-0.39, 0.29) is 17.0 Å². The summed E-state index contributed by atoms with van der Waals surface area (Å²) in [4.78, 5) is 0. The maximum Gasteiger partial charge on any atom is 0.433 e. The van der Waals surface area contributed by atoms with Gasteiger partial charge in [0.1, 0.15) is 0 Å². The topological polar surface area (TPSA) is 17.8 Å². The van der Waals surface area contributed by atoms with Crippen molar-refractivity contribution in [1.29, 1.82) is 0 Å². The molecule has 2 nitrogen and oxygen atoms in total. The minimum absolute atomic E-state index is 0.0154. The molecule has 0 aliphatic heterocycles. The molecule has 0 aliphatic rings. The number of rotatable bonds is 5. The van der Waals surface area contributed by atoms with Crippen molar-refractivity contribution in [3.05, 3.63) is 77.1 Å². The van der Waals surface area contributed by atoms with Crippen LogP contribution in [-0.2, 0) is 19.0 Å². The van der Waals surface area contributed by atoms with E-state index >= 15 is 0 Å². The number of alkyl halides is 3. The number of benzene rings is 2. The fourth-order valence-electron chi connectivity index (χ4n) is 3.70. The molecule has 1 heterocycles. The number of para-hydroxylation sites is 1. The Bertz CT molecular complexity index is 1040. The summed E-state index contributed by atoms with van der Waals surface area (Å²) < 4.78 is 43.9. The van der Waals surface area contributed by atoms with Crippen LogP contribution >= 0.6 is 0 Å². The Morgan fingerprint density at radius 3 is 2.03 bits per heavy atom. The lowest BCUT2D eigenvalue weighted by Gasteiger charge is -2.38. The Kier molecular flexibility index (Phi) is 6.25. The molecule has 0 saturated carbocycles. The Morgan fingerprint density at radius 2 is 1.48 bits per heavy atom. The molecule has 0 N–H and O–H groups in total. The van der Waals surface area contributed by atoms with E-state index in [1.165, 1.54) is 11.8 Å². The smallest absolute Gasteiger partial charge is 0.228 e. The van der Waals surface area contributed by atoms with E-state index in [2.05, 4.69) is 45.9 Å². The molecule has 0 aliphatic carbocycles. The van der Waals surface area contributed by atoms with Crippen molar-refractivity contribution in [3.8, 4) is 5.69 Å². The van der Waals surface area contributed by atoms with Crippen LogP contribution in [0.25, 0.3) is 5.69 Å². The molecular formula is C25H31F3N2Si. The predicted octanol–water partition coefficient (Wildman–Crippen LogP) is 6.76. The largest absolute Gasteiger partial charge is 0.433 e. The molecule has 166 valence electrons. The molecule has 0 fully saturated rings. The van der Waals surface area contributed by atoms with E-state index in [0.29, 0.717) is 5.69 Å². The average molecular weight is 445 g/mol. The lowest BCUT2D eigenvalue weighted by atomic mass is 10.0. The Morgan fingerprint density at radius 1 is 0.903 bits per heavy atom. The van der Waals surface area contributed by atoms with Crippen molar-refractivity contribution in [2.45, 2.75) is 64.8 Å². The van der Waals surface area contributed by atoms with E-state index in [1.807, 2.05) is 36.4 Å². The third-order valence-electron chi connectivity index (χ3n) is 6.62. The molecule has 0 bridgehead atoms. The Balaban J connectivity index is 2.14. The van der Waals surface area contributed by atoms with Gasteiger partial charge in [0.25, 0.3) is 0 Å². The minimum atomic E-state index is -4.50. The first kappa shape index (κ1) is 23.3. The number of halogens is 3. The SMILES string of the molecule is CCc1ccc(Cc2cnn(-c3ccccc3[Si](C)(C)C(C)(C)C)c2C(F)(F)F)cc1. The van der Waals surface area contributed by atoms with E-state index in [9.17, 15) is 13.2 Å². The van der Waals surface area contributed by atoms with E-state index < -0.39 is 19.9 Å². The van der Waals surface area contributed by atoms with Gasteiger partial charge in [0, 0.05) is 12.0 Å². The van der Waals surface area contributed by atoms with E-state index in [1.54, 1.807) is 12.1 Å².